The van der Waals surface area contributed by atoms with Crippen molar-refractivity contribution in [3.63, 3.8) is 0 Å². The Bertz CT molecular complexity index is 141. The first-order chi connectivity index (χ1) is 7.06. The summed E-state index contributed by atoms with van der Waals surface area (Å²) in [4.78, 5) is 2.11. The monoisotopic (exact) mass is 218 g/mol. The van der Waals surface area contributed by atoms with Crippen molar-refractivity contribution in [2.45, 2.75) is 26.0 Å². The van der Waals surface area contributed by atoms with Gasteiger partial charge in [0.15, 0.2) is 0 Å². The second-order valence-electron chi connectivity index (χ2n) is 4.31. The highest BCUT2D eigenvalue weighted by Gasteiger charge is 2.09. The summed E-state index contributed by atoms with van der Waals surface area (Å²) in [5.74, 6) is 0. The molecule has 15 heavy (non-hydrogen) atoms. The van der Waals surface area contributed by atoms with E-state index in [9.17, 15) is 0 Å². The molecule has 1 N–H and O–H groups in total. The second kappa shape index (κ2) is 9.09. The predicted molar refractivity (Wildman–Crippen MR) is 63.3 cm³/mol. The lowest BCUT2D eigenvalue weighted by Crippen LogP contribution is -2.37. The first-order valence-corrected chi connectivity index (χ1v) is 5.55. The lowest BCUT2D eigenvalue weighted by Gasteiger charge is -2.20. The Morgan fingerprint density at radius 3 is 2.40 bits per heavy atom. The van der Waals surface area contributed by atoms with E-state index >= 15 is 0 Å². The molecule has 0 heterocycles. The minimum atomic E-state index is 0.150. The van der Waals surface area contributed by atoms with Crippen molar-refractivity contribution in [3.8, 4) is 0 Å². The van der Waals surface area contributed by atoms with Gasteiger partial charge < -0.3 is 19.7 Å². The van der Waals surface area contributed by atoms with Crippen LogP contribution in [0.5, 0.6) is 0 Å². The molecule has 92 valence electrons. The molecular formula is C11H26N2O2. The van der Waals surface area contributed by atoms with Crippen molar-refractivity contribution in [2.24, 2.45) is 0 Å². The lowest BCUT2D eigenvalue weighted by molar-refractivity contribution is -0.00635. The smallest absolute Gasteiger partial charge is 0.0933 e. The Morgan fingerprint density at radius 2 is 1.93 bits per heavy atom. The van der Waals surface area contributed by atoms with E-state index in [0.717, 1.165) is 19.7 Å². The lowest BCUT2D eigenvalue weighted by atomic mass is 10.3. The van der Waals surface area contributed by atoms with Crippen LogP contribution in [0, 0.1) is 0 Å². The molecule has 0 radical (unpaired) electrons. The average molecular weight is 218 g/mol. The van der Waals surface area contributed by atoms with Crippen molar-refractivity contribution in [1.82, 2.24) is 10.2 Å². The van der Waals surface area contributed by atoms with Gasteiger partial charge in [-0.3, -0.25) is 0 Å². The zero-order valence-corrected chi connectivity index (χ0v) is 10.7. The van der Waals surface area contributed by atoms with Gasteiger partial charge in [-0.05, 0) is 14.1 Å². The van der Waals surface area contributed by atoms with E-state index in [1.54, 1.807) is 7.11 Å². The van der Waals surface area contributed by atoms with E-state index in [0.29, 0.717) is 12.6 Å². The second-order valence-corrected chi connectivity index (χ2v) is 4.31. The molecule has 0 saturated heterocycles. The predicted octanol–water partition coefficient (Wildman–Crippen LogP) is 0.578. The maximum atomic E-state index is 5.71. The van der Waals surface area contributed by atoms with E-state index in [1.807, 2.05) is 14.1 Å². The fourth-order valence-corrected chi connectivity index (χ4v) is 1.12. The highest BCUT2D eigenvalue weighted by Crippen LogP contribution is 1.93. The molecule has 0 saturated carbocycles. The van der Waals surface area contributed by atoms with Gasteiger partial charge in [-0.25, -0.2) is 0 Å². The first kappa shape index (κ1) is 14.8. The summed E-state index contributed by atoms with van der Waals surface area (Å²) in [6.07, 6.45) is 0.150. The van der Waals surface area contributed by atoms with Crippen molar-refractivity contribution in [2.75, 3.05) is 47.5 Å². The van der Waals surface area contributed by atoms with Crippen LogP contribution < -0.4 is 5.32 Å². The molecule has 0 bridgehead atoms. The molecule has 1 atom stereocenters. The summed E-state index contributed by atoms with van der Waals surface area (Å²) in [7, 11) is 5.79. The number of methoxy groups -OCH3 is 1. The van der Waals surface area contributed by atoms with Crippen molar-refractivity contribution in [1.29, 1.82) is 0 Å². The number of nitrogens with zero attached hydrogens (tertiary/aromatic N) is 1. The summed E-state index contributed by atoms with van der Waals surface area (Å²) in [6, 6.07) is 0.488. The minimum Gasteiger partial charge on any atom is -0.382 e. The fourth-order valence-electron chi connectivity index (χ4n) is 1.12. The molecule has 0 rings (SSSR count). The normalized spacial score (nSPS) is 13.8. The number of hydrogen-bond acceptors (Lipinski definition) is 4. The van der Waals surface area contributed by atoms with Gasteiger partial charge in [0.2, 0.25) is 0 Å². The van der Waals surface area contributed by atoms with Crippen LogP contribution in [0.2, 0.25) is 0 Å². The van der Waals surface area contributed by atoms with E-state index in [4.69, 9.17) is 9.47 Å². The molecule has 1 unspecified atom stereocenters. The Hall–Kier alpha value is -0.160. The molecule has 4 nitrogen and oxygen atoms in total. The maximum Gasteiger partial charge on any atom is 0.0933 e. The fraction of sp³-hybridized carbons (Fsp3) is 1.00. The third kappa shape index (κ3) is 10.1. The third-order valence-corrected chi connectivity index (χ3v) is 2.00. The van der Waals surface area contributed by atoms with Crippen LogP contribution in [0.25, 0.3) is 0 Å². The standard InChI is InChI=1S/C11H26N2O2/c1-10(2)12-8-11(9-14-5)15-7-6-13(3)4/h10-12H,6-9H2,1-5H3. The third-order valence-electron chi connectivity index (χ3n) is 2.00. The zero-order chi connectivity index (χ0) is 11.7. The van der Waals surface area contributed by atoms with Crippen molar-refractivity contribution >= 4 is 0 Å². The molecule has 0 aromatic rings. The molecule has 0 aliphatic heterocycles. The molecule has 0 aliphatic rings. The Kier molecular flexibility index (Phi) is 9.00. The number of hydrogen-bond donors (Lipinski definition) is 1. The largest absolute Gasteiger partial charge is 0.382 e. The van der Waals surface area contributed by atoms with Crippen LogP contribution in [0.3, 0.4) is 0 Å². The number of ether oxygens (including phenoxy) is 2. The summed E-state index contributed by atoms with van der Waals surface area (Å²) < 4.78 is 10.8. The topological polar surface area (TPSA) is 33.7 Å². The number of rotatable bonds is 9. The molecule has 0 amide bonds. The van der Waals surface area contributed by atoms with Gasteiger partial charge in [0, 0.05) is 26.2 Å². The molecule has 0 aromatic heterocycles. The molecule has 4 heteroatoms. The van der Waals surface area contributed by atoms with Gasteiger partial charge in [-0.15, -0.1) is 0 Å². The van der Waals surface area contributed by atoms with Crippen LogP contribution >= 0.6 is 0 Å². The first-order valence-electron chi connectivity index (χ1n) is 5.55. The molecule has 0 aliphatic carbocycles. The minimum absolute atomic E-state index is 0.150. The van der Waals surface area contributed by atoms with E-state index in [-0.39, 0.29) is 6.10 Å². The Labute approximate surface area is 93.9 Å². The number of likely N-dealkylation sites (N-methyl/N-ethyl adjacent to an activating group) is 1. The van der Waals surface area contributed by atoms with Crippen LogP contribution in [0.1, 0.15) is 13.8 Å². The molecule has 0 fully saturated rings. The van der Waals surface area contributed by atoms with Crippen LogP contribution in [-0.4, -0.2) is 64.6 Å². The van der Waals surface area contributed by atoms with Crippen molar-refractivity contribution < 1.29 is 9.47 Å². The van der Waals surface area contributed by atoms with Crippen LogP contribution in [0.15, 0.2) is 0 Å². The highest BCUT2D eigenvalue weighted by molar-refractivity contribution is 4.63. The van der Waals surface area contributed by atoms with Gasteiger partial charge >= 0.3 is 0 Å². The van der Waals surface area contributed by atoms with E-state index in [2.05, 4.69) is 24.1 Å². The van der Waals surface area contributed by atoms with Gasteiger partial charge in [0.25, 0.3) is 0 Å². The molecular weight excluding hydrogens is 192 g/mol. The summed E-state index contributed by atoms with van der Waals surface area (Å²) >= 11 is 0. The summed E-state index contributed by atoms with van der Waals surface area (Å²) in [6.45, 7) is 7.45. The Balaban J connectivity index is 3.62. The summed E-state index contributed by atoms with van der Waals surface area (Å²) in [5.41, 5.74) is 0. The quantitative estimate of drug-likeness (QED) is 0.614. The van der Waals surface area contributed by atoms with E-state index < -0.39 is 0 Å². The van der Waals surface area contributed by atoms with Crippen molar-refractivity contribution in [3.05, 3.63) is 0 Å². The summed E-state index contributed by atoms with van der Waals surface area (Å²) in [5, 5.41) is 3.35. The van der Waals surface area contributed by atoms with Gasteiger partial charge in [0.05, 0.1) is 19.3 Å². The zero-order valence-electron chi connectivity index (χ0n) is 10.7. The van der Waals surface area contributed by atoms with Crippen LogP contribution in [-0.2, 0) is 9.47 Å². The SMILES string of the molecule is COCC(CNC(C)C)OCCN(C)C. The van der Waals surface area contributed by atoms with E-state index in [1.165, 1.54) is 0 Å². The highest BCUT2D eigenvalue weighted by atomic mass is 16.5. The van der Waals surface area contributed by atoms with Crippen LogP contribution in [0.4, 0.5) is 0 Å². The molecule has 0 aromatic carbocycles. The van der Waals surface area contributed by atoms with Gasteiger partial charge in [0.1, 0.15) is 0 Å². The van der Waals surface area contributed by atoms with Gasteiger partial charge in [-0.2, -0.15) is 0 Å². The van der Waals surface area contributed by atoms with Gasteiger partial charge in [-0.1, -0.05) is 13.8 Å². The Morgan fingerprint density at radius 1 is 1.27 bits per heavy atom. The average Bonchev–Trinajstić information content (AvgIpc) is 2.13. The maximum absolute atomic E-state index is 5.71. The molecule has 0 spiro atoms. The number of nitrogens with one attached hydrogen (secondary N) is 1.